The minimum absolute atomic E-state index is 0.242. The van der Waals surface area contributed by atoms with Crippen molar-refractivity contribution in [2.75, 3.05) is 6.26 Å². The number of fused-ring (bicyclic) bond motifs is 2. The van der Waals surface area contributed by atoms with E-state index in [1.165, 1.54) is 23.0 Å². The summed E-state index contributed by atoms with van der Waals surface area (Å²) < 4.78 is 31.1. The Bertz CT molecular complexity index is 1410. The van der Waals surface area contributed by atoms with Crippen LogP contribution in [0.15, 0.2) is 30.6 Å². The average Bonchev–Trinajstić information content (AvgIpc) is 3.39. The highest BCUT2D eigenvalue weighted by Crippen LogP contribution is 2.35. The second-order valence-electron chi connectivity index (χ2n) is 7.60. The van der Waals surface area contributed by atoms with Crippen LogP contribution in [0.5, 0.6) is 5.75 Å². The highest BCUT2D eigenvalue weighted by atomic mass is 35.5. The fourth-order valence-corrected chi connectivity index (χ4v) is 5.17. The summed E-state index contributed by atoms with van der Waals surface area (Å²) in [6.07, 6.45) is 3.85. The fraction of sp³-hybridized carbons (Fsp3) is 0.250. The predicted octanol–water partition coefficient (Wildman–Crippen LogP) is 4.07. The smallest absolute Gasteiger partial charge is 0.211 e. The SMILES string of the molecule is CC(Oc1ccc2[nH]nc(-c3nc4c([nH]3)CN(S(C)(=O)=O)C4)c2c1)c1c(Cl)cncc1Cl. The molecule has 1 aliphatic rings. The van der Waals surface area contributed by atoms with Gasteiger partial charge in [-0.25, -0.2) is 13.4 Å². The predicted molar refractivity (Wildman–Crippen MR) is 121 cm³/mol. The molecule has 0 saturated carbocycles. The van der Waals surface area contributed by atoms with Gasteiger partial charge in [-0.3, -0.25) is 10.1 Å². The first-order valence-electron chi connectivity index (χ1n) is 9.67. The Morgan fingerprint density at radius 1 is 1.19 bits per heavy atom. The van der Waals surface area contributed by atoms with Gasteiger partial charge >= 0.3 is 0 Å². The van der Waals surface area contributed by atoms with E-state index in [9.17, 15) is 8.42 Å². The second-order valence-corrected chi connectivity index (χ2v) is 10.4. The Balaban J connectivity index is 1.45. The molecule has 166 valence electrons. The topological polar surface area (TPSA) is 117 Å². The van der Waals surface area contributed by atoms with Crippen LogP contribution >= 0.6 is 23.2 Å². The van der Waals surface area contributed by atoms with Gasteiger partial charge in [-0.2, -0.15) is 9.40 Å². The van der Waals surface area contributed by atoms with Gasteiger partial charge in [0.1, 0.15) is 17.5 Å². The van der Waals surface area contributed by atoms with Gasteiger partial charge in [0.05, 0.1) is 46.3 Å². The van der Waals surface area contributed by atoms with Crippen molar-refractivity contribution < 1.29 is 13.2 Å². The Morgan fingerprint density at radius 3 is 2.62 bits per heavy atom. The number of sulfonamides is 1. The highest BCUT2D eigenvalue weighted by Gasteiger charge is 2.30. The van der Waals surface area contributed by atoms with E-state index in [0.29, 0.717) is 38.6 Å². The summed E-state index contributed by atoms with van der Waals surface area (Å²) >= 11 is 12.5. The van der Waals surface area contributed by atoms with Crippen LogP contribution in [0.25, 0.3) is 22.4 Å². The zero-order chi connectivity index (χ0) is 22.6. The Hall–Kier alpha value is -2.66. The van der Waals surface area contributed by atoms with Crippen LogP contribution in [-0.4, -0.2) is 44.1 Å². The number of halogens is 2. The third-order valence-electron chi connectivity index (χ3n) is 5.36. The number of hydrogen-bond donors (Lipinski definition) is 2. The lowest BCUT2D eigenvalue weighted by atomic mass is 10.1. The van der Waals surface area contributed by atoms with E-state index < -0.39 is 16.1 Å². The number of hydrogen-bond acceptors (Lipinski definition) is 6. The normalized spacial score (nSPS) is 15.2. The van der Waals surface area contributed by atoms with E-state index in [1.54, 1.807) is 0 Å². The molecule has 0 spiro atoms. The molecule has 1 atom stereocenters. The molecular weight excluding hydrogens is 475 g/mol. The summed E-state index contributed by atoms with van der Waals surface area (Å²) in [6, 6.07) is 5.56. The fourth-order valence-electron chi connectivity index (χ4n) is 3.77. The number of benzene rings is 1. The quantitative estimate of drug-likeness (QED) is 0.433. The molecule has 2 N–H and O–H groups in total. The van der Waals surface area contributed by atoms with E-state index in [2.05, 4.69) is 25.1 Å². The van der Waals surface area contributed by atoms with Gasteiger partial charge in [-0.15, -0.1) is 0 Å². The first-order chi connectivity index (χ1) is 15.2. The third kappa shape index (κ3) is 3.73. The molecule has 32 heavy (non-hydrogen) atoms. The molecule has 4 heterocycles. The maximum atomic E-state index is 11.8. The van der Waals surface area contributed by atoms with Gasteiger partial charge in [0.2, 0.25) is 10.0 Å². The Kier molecular flexibility index (Phi) is 5.12. The van der Waals surface area contributed by atoms with Crippen LogP contribution in [0, 0.1) is 0 Å². The van der Waals surface area contributed by atoms with Gasteiger partial charge in [-0.05, 0) is 25.1 Å². The maximum absolute atomic E-state index is 11.8. The molecule has 0 bridgehead atoms. The third-order valence-corrected chi connectivity index (χ3v) is 7.16. The van der Waals surface area contributed by atoms with E-state index >= 15 is 0 Å². The lowest BCUT2D eigenvalue weighted by Crippen LogP contribution is -2.24. The van der Waals surface area contributed by atoms with E-state index in [4.69, 9.17) is 27.9 Å². The van der Waals surface area contributed by atoms with Gasteiger partial charge in [0, 0.05) is 23.3 Å². The van der Waals surface area contributed by atoms with Crippen molar-refractivity contribution >= 4 is 44.1 Å². The van der Waals surface area contributed by atoms with Crippen molar-refractivity contribution in [3.05, 3.63) is 57.6 Å². The van der Waals surface area contributed by atoms with Crippen LogP contribution in [0.1, 0.15) is 30.0 Å². The first kappa shape index (κ1) is 21.2. The van der Waals surface area contributed by atoms with Crippen LogP contribution in [0.3, 0.4) is 0 Å². The Labute approximate surface area is 193 Å². The number of H-pyrrole nitrogens is 2. The molecule has 0 fully saturated rings. The lowest BCUT2D eigenvalue weighted by Gasteiger charge is -2.17. The summed E-state index contributed by atoms with van der Waals surface area (Å²) in [5.41, 5.74) is 3.57. The molecule has 1 aliphatic heterocycles. The number of aromatic amines is 2. The maximum Gasteiger partial charge on any atom is 0.211 e. The molecule has 0 radical (unpaired) electrons. The van der Waals surface area contributed by atoms with Gasteiger partial charge in [0.25, 0.3) is 0 Å². The molecule has 0 aliphatic carbocycles. The van der Waals surface area contributed by atoms with Crippen molar-refractivity contribution in [3.63, 3.8) is 0 Å². The monoisotopic (exact) mass is 492 g/mol. The number of imidazole rings is 1. The van der Waals surface area contributed by atoms with Crippen molar-refractivity contribution in [2.24, 2.45) is 0 Å². The molecule has 1 unspecified atom stereocenters. The molecule has 0 saturated heterocycles. The van der Waals surface area contributed by atoms with E-state index in [0.717, 1.165) is 16.6 Å². The van der Waals surface area contributed by atoms with Crippen LogP contribution in [0.4, 0.5) is 0 Å². The number of rotatable bonds is 5. The van der Waals surface area contributed by atoms with Crippen molar-refractivity contribution in [3.8, 4) is 17.3 Å². The van der Waals surface area contributed by atoms with Gasteiger partial charge in [0.15, 0.2) is 5.82 Å². The number of pyridine rings is 1. The average molecular weight is 493 g/mol. The molecule has 1 aromatic carbocycles. The largest absolute Gasteiger partial charge is 0.486 e. The summed E-state index contributed by atoms with van der Waals surface area (Å²) in [4.78, 5) is 11.8. The number of nitrogens with zero attached hydrogens (tertiary/aromatic N) is 4. The summed E-state index contributed by atoms with van der Waals surface area (Å²) in [5.74, 6) is 1.18. The van der Waals surface area contributed by atoms with Gasteiger partial charge in [-0.1, -0.05) is 23.2 Å². The minimum atomic E-state index is -3.28. The van der Waals surface area contributed by atoms with E-state index in [1.807, 2.05) is 25.1 Å². The molecule has 4 aromatic rings. The number of aromatic nitrogens is 5. The summed E-state index contributed by atoms with van der Waals surface area (Å²) in [6.45, 7) is 2.37. The van der Waals surface area contributed by atoms with Crippen LogP contribution < -0.4 is 4.74 Å². The second kappa shape index (κ2) is 7.73. The van der Waals surface area contributed by atoms with Crippen LogP contribution in [-0.2, 0) is 23.1 Å². The number of ether oxygens (including phenoxy) is 1. The minimum Gasteiger partial charge on any atom is -0.486 e. The zero-order valence-corrected chi connectivity index (χ0v) is 19.4. The highest BCUT2D eigenvalue weighted by molar-refractivity contribution is 7.88. The molecule has 9 nitrogen and oxygen atoms in total. The van der Waals surface area contributed by atoms with E-state index in [-0.39, 0.29) is 13.1 Å². The summed E-state index contributed by atoms with van der Waals surface area (Å²) in [5, 5.41) is 9.07. The van der Waals surface area contributed by atoms with Crippen molar-refractivity contribution in [2.45, 2.75) is 26.1 Å². The van der Waals surface area contributed by atoms with Crippen molar-refractivity contribution in [1.82, 2.24) is 29.5 Å². The lowest BCUT2D eigenvalue weighted by molar-refractivity contribution is 0.227. The standard InChI is InChI=1S/C20H18Cl2N6O3S/c1-10(18-13(21)6-23-7-14(18)22)31-11-3-4-15-12(5-11)19(27-26-15)20-24-16-8-28(32(2,29)30)9-17(16)25-20/h3-7,10H,8-9H2,1-2H3,(H,24,25)(H,26,27). The van der Waals surface area contributed by atoms with Crippen LogP contribution in [0.2, 0.25) is 10.0 Å². The number of nitrogens with one attached hydrogen (secondary N) is 2. The molecule has 0 amide bonds. The molecule has 3 aromatic heterocycles. The molecule has 12 heteroatoms. The zero-order valence-electron chi connectivity index (χ0n) is 17.1. The molecular formula is C20H18Cl2N6O3S. The first-order valence-corrected chi connectivity index (χ1v) is 12.3. The molecule has 5 rings (SSSR count). The van der Waals surface area contributed by atoms with Gasteiger partial charge < -0.3 is 9.72 Å². The van der Waals surface area contributed by atoms with Crippen molar-refractivity contribution in [1.29, 1.82) is 0 Å². The summed E-state index contributed by atoms with van der Waals surface area (Å²) in [7, 11) is -3.28. The Morgan fingerprint density at radius 2 is 1.94 bits per heavy atom.